The summed E-state index contributed by atoms with van der Waals surface area (Å²) in [6.07, 6.45) is 3.45. The van der Waals surface area contributed by atoms with Crippen LogP contribution in [0.4, 0.5) is 23.0 Å². The fourth-order valence-electron chi connectivity index (χ4n) is 3.79. The molecule has 0 spiro atoms. The van der Waals surface area contributed by atoms with Crippen molar-refractivity contribution in [2.45, 2.75) is 11.0 Å². The lowest BCUT2D eigenvalue weighted by Gasteiger charge is -2.37. The lowest BCUT2D eigenvalue weighted by atomic mass is 10.2. The molecule has 0 aliphatic carbocycles. The molecule has 0 radical (unpaired) electrons. The smallest absolute Gasteiger partial charge is 0.230 e. The van der Waals surface area contributed by atoms with Crippen molar-refractivity contribution in [3.8, 4) is 11.6 Å². The zero-order valence-corrected chi connectivity index (χ0v) is 22.7. The molecule has 0 amide bonds. The van der Waals surface area contributed by atoms with E-state index in [-0.39, 0.29) is 6.10 Å². The van der Waals surface area contributed by atoms with Crippen LogP contribution in [0.15, 0.2) is 72.4 Å². The van der Waals surface area contributed by atoms with E-state index in [9.17, 15) is 0 Å². The predicted octanol–water partition coefficient (Wildman–Crippen LogP) is 4.55. The Morgan fingerprint density at radius 3 is 2.59 bits per heavy atom. The molecule has 1 aliphatic rings. The normalized spacial score (nSPS) is 13.6. The second kappa shape index (κ2) is 12.7. The highest BCUT2D eigenvalue weighted by atomic mass is 32.2. The largest absolute Gasteiger partial charge is 0.494 e. The SMILES string of the molecule is C=CNc1cc(Nc2nccc(OC3CN(Sc4ccccc4)C3)n2)c(OC)cc1N(C)CCN(C)C. The molecule has 196 valence electrons. The number of likely N-dealkylation sites (N-methyl/N-ethyl adjacent to an activating group) is 2. The fourth-order valence-corrected chi connectivity index (χ4v) is 4.85. The number of aromatic nitrogens is 2. The summed E-state index contributed by atoms with van der Waals surface area (Å²) in [5.74, 6) is 1.66. The van der Waals surface area contributed by atoms with Gasteiger partial charge in [-0.15, -0.1) is 0 Å². The van der Waals surface area contributed by atoms with Gasteiger partial charge in [-0.2, -0.15) is 4.98 Å². The molecule has 2 N–H and O–H groups in total. The van der Waals surface area contributed by atoms with Crippen LogP contribution in [-0.4, -0.2) is 79.7 Å². The van der Waals surface area contributed by atoms with Crippen LogP contribution < -0.4 is 25.0 Å². The summed E-state index contributed by atoms with van der Waals surface area (Å²) in [4.78, 5) is 14.5. The monoisotopic (exact) mass is 521 g/mol. The molecule has 2 heterocycles. The highest BCUT2D eigenvalue weighted by Gasteiger charge is 2.29. The third kappa shape index (κ3) is 7.28. The molecule has 0 atom stereocenters. The maximum absolute atomic E-state index is 6.10. The van der Waals surface area contributed by atoms with E-state index >= 15 is 0 Å². The Labute approximate surface area is 223 Å². The standard InChI is InChI=1S/C27H35N7O2S/c1-6-28-22-16-23(25(35-5)17-24(22)33(4)15-14-32(2)3)30-27-29-13-12-26(31-27)36-20-18-34(19-20)37-21-10-8-7-9-11-21/h6-13,16-17,20,28H,1,14-15,18-19H2,2-5H3,(H,29,30,31). The molecule has 1 fully saturated rings. The lowest BCUT2D eigenvalue weighted by molar-refractivity contribution is 0.0794. The van der Waals surface area contributed by atoms with Crippen molar-refractivity contribution < 1.29 is 9.47 Å². The van der Waals surface area contributed by atoms with Gasteiger partial charge >= 0.3 is 0 Å². The molecular weight excluding hydrogens is 486 g/mol. The molecule has 37 heavy (non-hydrogen) atoms. The van der Waals surface area contributed by atoms with Crippen LogP contribution in [0.5, 0.6) is 11.6 Å². The summed E-state index contributed by atoms with van der Waals surface area (Å²) < 4.78 is 14.1. The van der Waals surface area contributed by atoms with Crippen LogP contribution in [0.1, 0.15) is 0 Å². The Bertz CT molecular complexity index is 1170. The van der Waals surface area contributed by atoms with E-state index in [2.05, 4.69) is 74.6 Å². The molecule has 4 rings (SSSR count). The number of benzene rings is 2. The Morgan fingerprint density at radius 1 is 1.11 bits per heavy atom. The summed E-state index contributed by atoms with van der Waals surface area (Å²) >= 11 is 1.74. The minimum atomic E-state index is 0.0916. The van der Waals surface area contributed by atoms with Gasteiger partial charge in [0.1, 0.15) is 11.9 Å². The van der Waals surface area contributed by atoms with Crippen LogP contribution in [0, 0.1) is 0 Å². The number of nitrogens with zero attached hydrogens (tertiary/aromatic N) is 5. The van der Waals surface area contributed by atoms with E-state index in [0.29, 0.717) is 17.6 Å². The average Bonchev–Trinajstić information content (AvgIpc) is 2.87. The first-order valence-electron chi connectivity index (χ1n) is 12.1. The second-order valence-corrected chi connectivity index (χ2v) is 10.1. The Hall–Kier alpha value is -3.47. The van der Waals surface area contributed by atoms with Gasteiger partial charge in [0.15, 0.2) is 0 Å². The Balaban J connectivity index is 1.42. The third-order valence-electron chi connectivity index (χ3n) is 5.83. The first-order chi connectivity index (χ1) is 17.9. The highest BCUT2D eigenvalue weighted by Crippen LogP contribution is 2.38. The van der Waals surface area contributed by atoms with Crippen molar-refractivity contribution in [1.29, 1.82) is 0 Å². The van der Waals surface area contributed by atoms with Crippen molar-refractivity contribution in [2.75, 3.05) is 70.0 Å². The molecule has 10 heteroatoms. The van der Waals surface area contributed by atoms with Gasteiger partial charge in [-0.25, -0.2) is 9.29 Å². The molecule has 9 nitrogen and oxygen atoms in total. The van der Waals surface area contributed by atoms with Crippen molar-refractivity contribution in [3.63, 3.8) is 0 Å². The van der Waals surface area contributed by atoms with Gasteiger partial charge in [0.25, 0.3) is 0 Å². The minimum absolute atomic E-state index is 0.0916. The maximum atomic E-state index is 6.10. The number of anilines is 4. The number of hydrogen-bond acceptors (Lipinski definition) is 10. The van der Waals surface area contributed by atoms with Gasteiger partial charge in [0, 0.05) is 56.5 Å². The Morgan fingerprint density at radius 2 is 1.89 bits per heavy atom. The quantitative estimate of drug-likeness (QED) is 0.313. The molecular formula is C27H35N7O2S. The summed E-state index contributed by atoms with van der Waals surface area (Å²) in [7, 11) is 7.84. The van der Waals surface area contributed by atoms with Gasteiger partial charge in [-0.1, -0.05) is 24.8 Å². The first kappa shape index (κ1) is 26.6. The van der Waals surface area contributed by atoms with E-state index in [1.807, 2.05) is 30.3 Å². The molecule has 1 saturated heterocycles. The first-order valence-corrected chi connectivity index (χ1v) is 12.9. The highest BCUT2D eigenvalue weighted by molar-refractivity contribution is 7.97. The predicted molar refractivity (Wildman–Crippen MR) is 152 cm³/mol. The van der Waals surface area contributed by atoms with Gasteiger partial charge in [-0.05, 0) is 50.4 Å². The van der Waals surface area contributed by atoms with Gasteiger partial charge < -0.3 is 29.9 Å². The molecule has 0 saturated carbocycles. The van der Waals surface area contributed by atoms with Crippen LogP contribution in [0.2, 0.25) is 0 Å². The van der Waals surface area contributed by atoms with Crippen LogP contribution in [0.25, 0.3) is 0 Å². The zero-order chi connectivity index (χ0) is 26.2. The summed E-state index contributed by atoms with van der Waals surface area (Å²) in [5, 5.41) is 6.52. The topological polar surface area (TPSA) is 78.0 Å². The molecule has 3 aromatic rings. The second-order valence-electron chi connectivity index (χ2n) is 8.98. The summed E-state index contributed by atoms with van der Waals surface area (Å²) in [5.41, 5.74) is 2.64. The van der Waals surface area contributed by atoms with Crippen LogP contribution >= 0.6 is 11.9 Å². The number of ether oxygens (including phenoxy) is 2. The summed E-state index contributed by atoms with van der Waals surface area (Å²) in [6.45, 7) is 7.29. The number of nitrogens with one attached hydrogen (secondary N) is 2. The summed E-state index contributed by atoms with van der Waals surface area (Å²) in [6, 6.07) is 16.1. The molecule has 0 bridgehead atoms. The third-order valence-corrected chi connectivity index (χ3v) is 6.86. The number of hydrogen-bond donors (Lipinski definition) is 2. The van der Waals surface area contributed by atoms with E-state index in [1.165, 1.54) is 4.90 Å². The van der Waals surface area contributed by atoms with Gasteiger partial charge in [0.2, 0.25) is 11.8 Å². The number of rotatable bonds is 13. The average molecular weight is 522 g/mol. The maximum Gasteiger partial charge on any atom is 0.230 e. The van der Waals surface area contributed by atoms with Crippen molar-refractivity contribution in [3.05, 3.63) is 67.5 Å². The molecule has 1 aliphatic heterocycles. The number of methoxy groups -OCH3 is 1. The lowest BCUT2D eigenvalue weighted by Crippen LogP contribution is -2.50. The molecule has 1 aromatic heterocycles. The van der Waals surface area contributed by atoms with E-state index in [0.717, 1.165) is 43.2 Å². The van der Waals surface area contributed by atoms with Gasteiger partial charge in [0.05, 0.1) is 24.2 Å². The Kier molecular flexibility index (Phi) is 9.10. The van der Waals surface area contributed by atoms with Crippen molar-refractivity contribution in [1.82, 2.24) is 19.2 Å². The fraction of sp³-hybridized carbons (Fsp3) is 0.333. The van der Waals surface area contributed by atoms with E-state index < -0.39 is 0 Å². The van der Waals surface area contributed by atoms with Crippen molar-refractivity contribution >= 4 is 35.0 Å². The van der Waals surface area contributed by atoms with Crippen molar-refractivity contribution in [2.24, 2.45) is 0 Å². The zero-order valence-electron chi connectivity index (χ0n) is 21.8. The molecule has 0 unspecified atom stereocenters. The van der Waals surface area contributed by atoms with Gasteiger partial charge in [-0.3, -0.25) is 0 Å². The molecule has 2 aromatic carbocycles. The minimum Gasteiger partial charge on any atom is -0.494 e. The van der Waals surface area contributed by atoms with Crippen LogP contribution in [-0.2, 0) is 0 Å². The van der Waals surface area contributed by atoms with E-state index in [1.54, 1.807) is 37.5 Å². The van der Waals surface area contributed by atoms with E-state index in [4.69, 9.17) is 9.47 Å². The van der Waals surface area contributed by atoms with Crippen LogP contribution in [0.3, 0.4) is 0 Å².